The Bertz CT molecular complexity index is 888. The highest BCUT2D eigenvalue weighted by Gasteiger charge is 2.29. The molecule has 0 atom stereocenters. The summed E-state index contributed by atoms with van der Waals surface area (Å²) in [6.45, 7) is 2.82. The summed E-state index contributed by atoms with van der Waals surface area (Å²) >= 11 is 2.94. The van der Waals surface area contributed by atoms with Crippen LogP contribution in [0.5, 0.6) is 0 Å². The predicted octanol–water partition coefficient (Wildman–Crippen LogP) is 2.75. The van der Waals surface area contributed by atoms with E-state index in [4.69, 9.17) is 0 Å². The second kappa shape index (κ2) is 8.68. The van der Waals surface area contributed by atoms with E-state index in [1.807, 2.05) is 0 Å². The van der Waals surface area contributed by atoms with Gasteiger partial charge in [0, 0.05) is 24.8 Å². The van der Waals surface area contributed by atoms with E-state index in [9.17, 15) is 13.2 Å². The maximum atomic E-state index is 12.4. The lowest BCUT2D eigenvalue weighted by Gasteiger charge is -2.29. The fraction of sp³-hybridized carbons (Fsp3) is 0.471. The molecule has 1 amide bonds. The largest absolute Gasteiger partial charge is 0.300 e. The van der Waals surface area contributed by atoms with Crippen molar-refractivity contribution in [2.24, 2.45) is 5.92 Å². The summed E-state index contributed by atoms with van der Waals surface area (Å²) in [7, 11) is -3.18. The Labute approximate surface area is 167 Å². The molecule has 0 aliphatic carbocycles. The molecule has 7 nitrogen and oxygen atoms in total. The first-order chi connectivity index (χ1) is 12.8. The molecule has 0 radical (unpaired) electrons. The van der Waals surface area contributed by atoms with Gasteiger partial charge in [-0.15, -0.1) is 10.2 Å². The van der Waals surface area contributed by atoms with Crippen LogP contribution in [0.2, 0.25) is 0 Å². The Balaban J connectivity index is 1.49. The SMILES string of the molecule is Cc1ccc(CSc2nnc(NC(=O)C3CCN(S(C)(=O)=O)CC3)s2)cc1. The van der Waals surface area contributed by atoms with Crippen LogP contribution in [0, 0.1) is 12.8 Å². The van der Waals surface area contributed by atoms with Crippen LogP contribution in [0.4, 0.5) is 5.13 Å². The van der Waals surface area contributed by atoms with Crippen molar-refractivity contribution in [1.82, 2.24) is 14.5 Å². The van der Waals surface area contributed by atoms with Crippen LogP contribution in [0.25, 0.3) is 0 Å². The number of nitrogens with zero attached hydrogens (tertiary/aromatic N) is 3. The number of aryl methyl sites for hydroxylation is 1. The van der Waals surface area contributed by atoms with Gasteiger partial charge in [0.1, 0.15) is 0 Å². The average molecular weight is 427 g/mol. The first kappa shape index (κ1) is 20.2. The summed E-state index contributed by atoms with van der Waals surface area (Å²) in [6.07, 6.45) is 2.24. The van der Waals surface area contributed by atoms with Crippen LogP contribution < -0.4 is 5.32 Å². The Morgan fingerprint density at radius 2 is 1.93 bits per heavy atom. The van der Waals surface area contributed by atoms with Gasteiger partial charge in [-0.2, -0.15) is 0 Å². The van der Waals surface area contributed by atoms with Gasteiger partial charge < -0.3 is 5.32 Å². The number of hydrogen-bond donors (Lipinski definition) is 1. The molecule has 1 aromatic heterocycles. The van der Waals surface area contributed by atoms with Crippen molar-refractivity contribution < 1.29 is 13.2 Å². The molecule has 1 fully saturated rings. The second-order valence-electron chi connectivity index (χ2n) is 6.57. The summed E-state index contributed by atoms with van der Waals surface area (Å²) in [5, 5.41) is 11.5. The van der Waals surface area contributed by atoms with Gasteiger partial charge in [-0.25, -0.2) is 12.7 Å². The molecule has 0 bridgehead atoms. The second-order valence-corrected chi connectivity index (χ2v) is 10.8. The smallest absolute Gasteiger partial charge is 0.229 e. The molecule has 1 N–H and O–H groups in total. The predicted molar refractivity (Wildman–Crippen MR) is 108 cm³/mol. The fourth-order valence-corrected chi connectivity index (χ4v) is 5.39. The lowest BCUT2D eigenvalue weighted by Crippen LogP contribution is -2.40. The third-order valence-corrected chi connectivity index (χ3v) is 7.76. The zero-order chi connectivity index (χ0) is 19.4. The van der Waals surface area contributed by atoms with Crippen LogP contribution in [0.1, 0.15) is 24.0 Å². The first-order valence-electron chi connectivity index (χ1n) is 8.59. The molecule has 0 spiro atoms. The Morgan fingerprint density at radius 3 is 2.56 bits per heavy atom. The summed E-state index contributed by atoms with van der Waals surface area (Å²) in [5.74, 6) is 0.484. The Morgan fingerprint density at radius 1 is 1.26 bits per heavy atom. The first-order valence-corrected chi connectivity index (χ1v) is 12.2. The molecule has 3 rings (SSSR count). The van der Waals surface area contributed by atoms with Crippen LogP contribution in [0.3, 0.4) is 0 Å². The van der Waals surface area contributed by atoms with Gasteiger partial charge in [-0.1, -0.05) is 52.9 Å². The Kier molecular flexibility index (Phi) is 6.51. The van der Waals surface area contributed by atoms with Gasteiger partial charge >= 0.3 is 0 Å². The number of nitrogens with one attached hydrogen (secondary N) is 1. The number of carbonyl (C=O) groups is 1. The molecular formula is C17H22N4O3S3. The monoisotopic (exact) mass is 426 g/mol. The molecule has 0 saturated carbocycles. The molecule has 146 valence electrons. The van der Waals surface area contributed by atoms with E-state index in [-0.39, 0.29) is 11.8 Å². The highest BCUT2D eigenvalue weighted by molar-refractivity contribution is 8.00. The quantitative estimate of drug-likeness (QED) is 0.564. The van der Waals surface area contributed by atoms with Crippen molar-refractivity contribution >= 4 is 44.2 Å². The van der Waals surface area contributed by atoms with Crippen LogP contribution in [-0.4, -0.2) is 48.2 Å². The summed E-state index contributed by atoms with van der Waals surface area (Å²) < 4.78 is 25.3. The van der Waals surface area contributed by atoms with Crippen molar-refractivity contribution in [2.45, 2.75) is 29.9 Å². The van der Waals surface area contributed by atoms with Crippen molar-refractivity contribution in [2.75, 3.05) is 24.7 Å². The molecule has 2 heterocycles. The van der Waals surface area contributed by atoms with Gasteiger partial charge in [-0.3, -0.25) is 4.79 Å². The number of aromatic nitrogens is 2. The number of amides is 1. The number of sulfonamides is 1. The Hall–Kier alpha value is -1.49. The maximum Gasteiger partial charge on any atom is 0.229 e. The zero-order valence-corrected chi connectivity index (χ0v) is 17.7. The normalized spacial score (nSPS) is 16.4. The summed E-state index contributed by atoms with van der Waals surface area (Å²) in [5.41, 5.74) is 2.44. The van der Waals surface area contributed by atoms with Crippen molar-refractivity contribution in [3.8, 4) is 0 Å². The molecule has 2 aromatic rings. The number of benzene rings is 1. The lowest BCUT2D eigenvalue weighted by atomic mass is 9.97. The third-order valence-electron chi connectivity index (χ3n) is 4.41. The summed E-state index contributed by atoms with van der Waals surface area (Å²) in [4.78, 5) is 12.4. The van der Waals surface area contributed by atoms with Gasteiger partial charge in [-0.05, 0) is 25.3 Å². The standard InChI is InChI=1S/C17H22N4O3S3/c1-12-3-5-13(6-4-12)11-25-17-20-19-16(26-17)18-15(22)14-7-9-21(10-8-14)27(2,23)24/h3-6,14H,7-11H2,1-2H3,(H,18,19,22). The number of piperidine rings is 1. The molecule has 1 aliphatic heterocycles. The lowest BCUT2D eigenvalue weighted by molar-refractivity contribution is -0.120. The van der Waals surface area contributed by atoms with E-state index in [1.165, 1.54) is 33.0 Å². The number of anilines is 1. The molecule has 1 saturated heterocycles. The highest BCUT2D eigenvalue weighted by atomic mass is 32.2. The minimum Gasteiger partial charge on any atom is -0.300 e. The van der Waals surface area contributed by atoms with E-state index >= 15 is 0 Å². The molecule has 1 aliphatic rings. The minimum atomic E-state index is -3.18. The molecule has 1 aromatic carbocycles. The van der Waals surface area contributed by atoms with Crippen LogP contribution in [0.15, 0.2) is 28.6 Å². The third kappa shape index (κ3) is 5.74. The van der Waals surface area contributed by atoms with E-state index in [2.05, 4.69) is 46.7 Å². The van der Waals surface area contributed by atoms with E-state index in [1.54, 1.807) is 11.8 Å². The van der Waals surface area contributed by atoms with Gasteiger partial charge in [0.25, 0.3) is 0 Å². The van der Waals surface area contributed by atoms with E-state index in [0.717, 1.165) is 10.1 Å². The average Bonchev–Trinajstić information content (AvgIpc) is 3.08. The van der Waals surface area contributed by atoms with Crippen molar-refractivity contribution in [3.63, 3.8) is 0 Å². The number of hydrogen-bond acceptors (Lipinski definition) is 7. The molecule has 0 unspecified atom stereocenters. The molecular weight excluding hydrogens is 404 g/mol. The van der Waals surface area contributed by atoms with E-state index < -0.39 is 10.0 Å². The fourth-order valence-electron chi connectivity index (χ4n) is 2.81. The van der Waals surface area contributed by atoms with Crippen LogP contribution in [-0.2, 0) is 20.6 Å². The van der Waals surface area contributed by atoms with Gasteiger partial charge in [0.15, 0.2) is 4.34 Å². The molecule has 27 heavy (non-hydrogen) atoms. The number of thioether (sulfide) groups is 1. The van der Waals surface area contributed by atoms with Gasteiger partial charge in [0.05, 0.1) is 6.26 Å². The maximum absolute atomic E-state index is 12.4. The summed E-state index contributed by atoms with van der Waals surface area (Å²) in [6, 6.07) is 8.34. The highest BCUT2D eigenvalue weighted by Crippen LogP contribution is 2.29. The number of carbonyl (C=O) groups excluding carboxylic acids is 1. The topological polar surface area (TPSA) is 92.3 Å². The zero-order valence-electron chi connectivity index (χ0n) is 15.2. The van der Waals surface area contributed by atoms with Crippen molar-refractivity contribution in [1.29, 1.82) is 0 Å². The minimum absolute atomic E-state index is 0.116. The molecule has 10 heteroatoms. The number of rotatable bonds is 6. The van der Waals surface area contributed by atoms with E-state index in [0.29, 0.717) is 31.1 Å². The van der Waals surface area contributed by atoms with Gasteiger partial charge in [0.2, 0.25) is 21.1 Å². The van der Waals surface area contributed by atoms with Crippen molar-refractivity contribution in [3.05, 3.63) is 35.4 Å². The van der Waals surface area contributed by atoms with Crippen LogP contribution >= 0.6 is 23.1 Å².